The van der Waals surface area contributed by atoms with Crippen LogP contribution < -0.4 is 19.8 Å². The Balaban J connectivity index is 2.12. The maximum absolute atomic E-state index is 12.1. The van der Waals surface area contributed by atoms with Crippen molar-refractivity contribution in [2.45, 2.75) is 6.92 Å². The minimum Gasteiger partial charge on any atom is -0.481 e. The van der Waals surface area contributed by atoms with Gasteiger partial charge in [-0.25, -0.2) is 4.79 Å². The molecule has 0 unspecified atom stereocenters. The zero-order valence-corrected chi connectivity index (χ0v) is 12.8. The molecule has 3 rings (SSSR count). The van der Waals surface area contributed by atoms with Crippen molar-refractivity contribution in [1.29, 1.82) is 0 Å². The van der Waals surface area contributed by atoms with Gasteiger partial charge in [-0.15, -0.1) is 0 Å². The third kappa shape index (κ3) is 2.80. The molecule has 3 aromatic rings. The normalized spacial score (nSPS) is 10.6. The van der Waals surface area contributed by atoms with Crippen molar-refractivity contribution >= 4 is 10.8 Å². The number of aryl methyl sites for hydroxylation is 1. The van der Waals surface area contributed by atoms with Crippen LogP contribution in [0.1, 0.15) is 5.56 Å². The van der Waals surface area contributed by atoms with E-state index in [2.05, 4.69) is 9.97 Å². The average Bonchev–Trinajstić information content (AvgIpc) is 2.58. The van der Waals surface area contributed by atoms with Gasteiger partial charge >= 0.3 is 11.6 Å². The SMILES string of the molecule is COc1cc(OC)nc(Oc2cccc3c(C)coc(=O)c23)n1. The summed E-state index contributed by atoms with van der Waals surface area (Å²) in [4.78, 5) is 20.2. The number of hydrogen-bond donors (Lipinski definition) is 0. The molecule has 0 saturated carbocycles. The number of fused-ring (bicyclic) bond motifs is 1. The Morgan fingerprint density at radius 1 is 1.09 bits per heavy atom. The molecule has 0 saturated heterocycles. The second-order valence-corrected chi connectivity index (χ2v) is 4.72. The molecule has 7 nitrogen and oxygen atoms in total. The van der Waals surface area contributed by atoms with Gasteiger partial charge in [-0.05, 0) is 23.9 Å². The molecular formula is C16H14N2O5. The first kappa shape index (κ1) is 14.8. The van der Waals surface area contributed by atoms with Crippen LogP contribution >= 0.6 is 0 Å². The second-order valence-electron chi connectivity index (χ2n) is 4.72. The number of methoxy groups -OCH3 is 2. The summed E-state index contributed by atoms with van der Waals surface area (Å²) in [6, 6.07) is 6.78. The molecule has 0 atom stereocenters. The van der Waals surface area contributed by atoms with E-state index in [4.69, 9.17) is 18.6 Å². The van der Waals surface area contributed by atoms with Crippen LogP contribution in [0.3, 0.4) is 0 Å². The summed E-state index contributed by atoms with van der Waals surface area (Å²) >= 11 is 0. The first-order valence-electron chi connectivity index (χ1n) is 6.78. The fourth-order valence-corrected chi connectivity index (χ4v) is 2.16. The maximum Gasteiger partial charge on any atom is 0.347 e. The third-order valence-electron chi connectivity index (χ3n) is 3.28. The smallest absolute Gasteiger partial charge is 0.347 e. The zero-order chi connectivity index (χ0) is 16.4. The molecule has 0 N–H and O–H groups in total. The molecule has 118 valence electrons. The van der Waals surface area contributed by atoms with Crippen molar-refractivity contribution in [3.05, 3.63) is 46.5 Å². The predicted octanol–water partition coefficient (Wildman–Crippen LogP) is 2.70. The molecule has 2 aromatic heterocycles. The van der Waals surface area contributed by atoms with Crippen LogP contribution in [0.2, 0.25) is 0 Å². The topological polar surface area (TPSA) is 83.7 Å². The molecule has 0 fully saturated rings. The Kier molecular flexibility index (Phi) is 3.84. The molecule has 23 heavy (non-hydrogen) atoms. The van der Waals surface area contributed by atoms with Gasteiger partial charge in [0.2, 0.25) is 11.8 Å². The van der Waals surface area contributed by atoms with Gasteiger partial charge in [-0.3, -0.25) is 0 Å². The molecule has 0 aliphatic rings. The zero-order valence-electron chi connectivity index (χ0n) is 12.8. The van der Waals surface area contributed by atoms with Gasteiger partial charge < -0.3 is 18.6 Å². The van der Waals surface area contributed by atoms with E-state index in [0.29, 0.717) is 11.1 Å². The van der Waals surface area contributed by atoms with Crippen molar-refractivity contribution in [3.8, 4) is 23.5 Å². The number of rotatable bonds is 4. The Labute approximate surface area is 131 Å². The van der Waals surface area contributed by atoms with Crippen LogP contribution in [-0.4, -0.2) is 24.2 Å². The monoisotopic (exact) mass is 314 g/mol. The summed E-state index contributed by atoms with van der Waals surface area (Å²) in [7, 11) is 2.95. The number of hydrogen-bond acceptors (Lipinski definition) is 7. The highest BCUT2D eigenvalue weighted by Gasteiger charge is 2.13. The molecular weight excluding hydrogens is 300 g/mol. The molecule has 0 bridgehead atoms. The van der Waals surface area contributed by atoms with Crippen molar-refractivity contribution in [3.63, 3.8) is 0 Å². The maximum atomic E-state index is 12.1. The molecule has 0 spiro atoms. The predicted molar refractivity (Wildman–Crippen MR) is 82.4 cm³/mol. The van der Waals surface area contributed by atoms with Crippen molar-refractivity contribution < 1.29 is 18.6 Å². The summed E-state index contributed by atoms with van der Waals surface area (Å²) < 4.78 is 20.8. The van der Waals surface area contributed by atoms with Crippen LogP contribution in [0.4, 0.5) is 0 Å². The van der Waals surface area contributed by atoms with Crippen LogP contribution in [0.25, 0.3) is 10.8 Å². The van der Waals surface area contributed by atoms with Crippen molar-refractivity contribution in [1.82, 2.24) is 9.97 Å². The Morgan fingerprint density at radius 2 is 1.78 bits per heavy atom. The van der Waals surface area contributed by atoms with E-state index in [9.17, 15) is 4.79 Å². The summed E-state index contributed by atoms with van der Waals surface area (Å²) in [5.41, 5.74) is 0.338. The van der Waals surface area contributed by atoms with Crippen LogP contribution in [0, 0.1) is 6.92 Å². The lowest BCUT2D eigenvalue weighted by molar-refractivity contribution is 0.348. The largest absolute Gasteiger partial charge is 0.481 e. The van der Waals surface area contributed by atoms with Gasteiger partial charge in [0.15, 0.2) is 0 Å². The summed E-state index contributed by atoms with van der Waals surface area (Å²) in [6.07, 6.45) is 1.42. The first-order chi connectivity index (χ1) is 11.1. The summed E-state index contributed by atoms with van der Waals surface area (Å²) in [5.74, 6) is 0.876. The fraction of sp³-hybridized carbons (Fsp3) is 0.188. The number of aromatic nitrogens is 2. The van der Waals surface area contributed by atoms with Gasteiger partial charge in [0.1, 0.15) is 11.1 Å². The minimum atomic E-state index is -0.490. The Hall–Kier alpha value is -3.09. The van der Waals surface area contributed by atoms with Gasteiger partial charge in [0.25, 0.3) is 0 Å². The van der Waals surface area contributed by atoms with E-state index in [-0.39, 0.29) is 17.8 Å². The van der Waals surface area contributed by atoms with E-state index in [1.165, 1.54) is 26.5 Å². The van der Waals surface area contributed by atoms with Crippen LogP contribution in [0.15, 0.2) is 39.7 Å². The number of benzene rings is 1. The van der Waals surface area contributed by atoms with Crippen molar-refractivity contribution in [2.75, 3.05) is 14.2 Å². The fourth-order valence-electron chi connectivity index (χ4n) is 2.16. The lowest BCUT2D eigenvalue weighted by Gasteiger charge is -2.09. The quantitative estimate of drug-likeness (QED) is 0.732. The summed E-state index contributed by atoms with van der Waals surface area (Å²) in [6.45, 7) is 1.85. The van der Waals surface area contributed by atoms with Gasteiger partial charge in [0, 0.05) is 0 Å². The highest BCUT2D eigenvalue weighted by Crippen LogP contribution is 2.29. The summed E-state index contributed by atoms with van der Waals surface area (Å²) in [5, 5.41) is 1.08. The molecule has 0 aliphatic heterocycles. The average molecular weight is 314 g/mol. The first-order valence-corrected chi connectivity index (χ1v) is 6.78. The van der Waals surface area contributed by atoms with Gasteiger partial charge in [-0.1, -0.05) is 12.1 Å². The molecule has 0 radical (unpaired) electrons. The van der Waals surface area contributed by atoms with E-state index >= 15 is 0 Å². The third-order valence-corrected chi connectivity index (χ3v) is 3.28. The second kappa shape index (κ2) is 5.96. The Morgan fingerprint density at radius 3 is 2.43 bits per heavy atom. The molecule has 0 aliphatic carbocycles. The highest BCUT2D eigenvalue weighted by atomic mass is 16.5. The van der Waals surface area contributed by atoms with Crippen LogP contribution in [0.5, 0.6) is 23.5 Å². The molecule has 0 amide bonds. The number of ether oxygens (including phenoxy) is 3. The van der Waals surface area contributed by atoms with E-state index in [1.54, 1.807) is 12.1 Å². The lowest BCUT2D eigenvalue weighted by atomic mass is 10.1. The minimum absolute atomic E-state index is 0.00889. The molecule has 2 heterocycles. The van der Waals surface area contributed by atoms with E-state index in [1.807, 2.05) is 13.0 Å². The lowest BCUT2D eigenvalue weighted by Crippen LogP contribution is -2.03. The standard InChI is InChI=1S/C16H14N2O5/c1-9-8-22-15(19)14-10(9)5-4-6-11(14)23-16-17-12(20-2)7-13(18-16)21-3/h4-8H,1-3H3. The molecule has 1 aromatic carbocycles. The van der Waals surface area contributed by atoms with E-state index < -0.39 is 5.63 Å². The number of nitrogens with zero attached hydrogens (tertiary/aromatic N) is 2. The van der Waals surface area contributed by atoms with Gasteiger partial charge in [-0.2, -0.15) is 9.97 Å². The Bertz CT molecular complexity index is 898. The highest BCUT2D eigenvalue weighted by molar-refractivity contribution is 5.89. The van der Waals surface area contributed by atoms with E-state index in [0.717, 1.165) is 10.9 Å². The molecule has 7 heteroatoms. The van der Waals surface area contributed by atoms with Crippen LogP contribution in [-0.2, 0) is 0 Å². The van der Waals surface area contributed by atoms with Crippen molar-refractivity contribution in [2.24, 2.45) is 0 Å². The van der Waals surface area contributed by atoms with Gasteiger partial charge in [0.05, 0.1) is 26.5 Å².